The Labute approximate surface area is 133 Å². The number of aryl methyl sites for hydroxylation is 1. The molecule has 0 aliphatic heterocycles. The second kappa shape index (κ2) is 5.55. The quantitative estimate of drug-likeness (QED) is 0.802. The first-order valence-corrected chi connectivity index (χ1v) is 8.34. The van der Waals surface area contributed by atoms with E-state index >= 15 is 0 Å². The van der Waals surface area contributed by atoms with E-state index in [4.69, 9.17) is 0 Å². The van der Waals surface area contributed by atoms with Gasteiger partial charge in [0.15, 0.2) is 0 Å². The second-order valence-electron chi connectivity index (χ2n) is 5.17. The van der Waals surface area contributed by atoms with Gasteiger partial charge in [-0.15, -0.1) is 5.75 Å². The van der Waals surface area contributed by atoms with Gasteiger partial charge in [0.1, 0.15) is 5.82 Å². The van der Waals surface area contributed by atoms with Crippen LogP contribution in [0, 0.1) is 12.7 Å². The highest BCUT2D eigenvalue weighted by Crippen LogP contribution is 2.31. The van der Waals surface area contributed by atoms with Crippen LogP contribution >= 0.6 is 0 Å². The summed E-state index contributed by atoms with van der Waals surface area (Å²) in [5, 5.41) is 12.8. The van der Waals surface area contributed by atoms with Crippen molar-refractivity contribution in [3.8, 4) is 5.75 Å². The van der Waals surface area contributed by atoms with Crippen molar-refractivity contribution in [2.75, 3.05) is 4.72 Å². The van der Waals surface area contributed by atoms with E-state index in [9.17, 15) is 17.9 Å². The Morgan fingerprint density at radius 2 is 1.70 bits per heavy atom. The van der Waals surface area contributed by atoms with Gasteiger partial charge in [-0.3, -0.25) is 4.72 Å². The van der Waals surface area contributed by atoms with Gasteiger partial charge in [0.05, 0.1) is 10.6 Å². The van der Waals surface area contributed by atoms with Crippen molar-refractivity contribution in [1.82, 2.24) is 0 Å². The number of sulfonamides is 1. The lowest BCUT2D eigenvalue weighted by atomic mass is 10.1. The maximum atomic E-state index is 13.2. The van der Waals surface area contributed by atoms with Gasteiger partial charge in [-0.05, 0) is 42.1 Å². The highest BCUT2D eigenvalue weighted by Gasteiger charge is 2.18. The van der Waals surface area contributed by atoms with Crippen molar-refractivity contribution in [2.45, 2.75) is 11.8 Å². The molecule has 0 radical (unpaired) electrons. The van der Waals surface area contributed by atoms with E-state index in [-0.39, 0.29) is 10.6 Å². The third-order valence-corrected chi connectivity index (χ3v) is 5.08. The van der Waals surface area contributed by atoms with Gasteiger partial charge in [-0.25, -0.2) is 12.8 Å². The molecule has 0 saturated carbocycles. The minimum absolute atomic E-state index is 0.00539. The van der Waals surface area contributed by atoms with Gasteiger partial charge in [-0.2, -0.15) is 0 Å². The van der Waals surface area contributed by atoms with Gasteiger partial charge in [0.2, 0.25) is 0 Å². The molecule has 3 rings (SSSR count). The Hall–Kier alpha value is -2.60. The molecule has 0 bridgehead atoms. The molecule has 4 nitrogen and oxygen atoms in total. The third-order valence-electron chi connectivity index (χ3n) is 3.55. The molecule has 3 aromatic carbocycles. The first-order chi connectivity index (χ1) is 10.9. The molecule has 6 heteroatoms. The Morgan fingerprint density at radius 1 is 1.00 bits per heavy atom. The zero-order valence-corrected chi connectivity index (χ0v) is 13.0. The molecule has 0 fully saturated rings. The largest absolute Gasteiger partial charge is 0.872 e. The summed E-state index contributed by atoms with van der Waals surface area (Å²) in [6.07, 6.45) is 0. The summed E-state index contributed by atoms with van der Waals surface area (Å²) in [7, 11) is -3.88. The molecule has 0 saturated heterocycles. The number of rotatable bonds is 3. The summed E-state index contributed by atoms with van der Waals surface area (Å²) in [5.41, 5.74) is 0.617. The number of halogens is 1. The summed E-state index contributed by atoms with van der Waals surface area (Å²) in [6.45, 7) is 1.52. The van der Waals surface area contributed by atoms with Crippen LogP contribution in [0.1, 0.15) is 5.56 Å². The maximum Gasteiger partial charge on any atom is 0.262 e. The normalized spacial score (nSPS) is 11.6. The average molecular weight is 330 g/mol. The predicted molar refractivity (Wildman–Crippen MR) is 85.3 cm³/mol. The molecule has 0 spiro atoms. The van der Waals surface area contributed by atoms with Crippen LogP contribution in [0.2, 0.25) is 0 Å². The zero-order valence-electron chi connectivity index (χ0n) is 12.2. The molecule has 1 N–H and O–H groups in total. The molecule has 118 valence electrons. The number of fused-ring (bicyclic) bond motifs is 1. The van der Waals surface area contributed by atoms with Crippen LogP contribution in [0.4, 0.5) is 10.1 Å². The van der Waals surface area contributed by atoms with Crippen molar-refractivity contribution in [3.63, 3.8) is 0 Å². The highest BCUT2D eigenvalue weighted by atomic mass is 32.2. The van der Waals surface area contributed by atoms with E-state index in [1.807, 2.05) is 0 Å². The van der Waals surface area contributed by atoms with Crippen LogP contribution in [-0.2, 0) is 10.0 Å². The van der Waals surface area contributed by atoms with E-state index in [0.717, 1.165) is 12.1 Å². The predicted octanol–water partition coefficient (Wildman–Crippen LogP) is 3.16. The Kier molecular flexibility index (Phi) is 3.69. The third kappa shape index (κ3) is 2.85. The van der Waals surface area contributed by atoms with Crippen molar-refractivity contribution in [3.05, 3.63) is 66.0 Å². The molecule has 0 aliphatic rings. The van der Waals surface area contributed by atoms with E-state index in [1.165, 1.54) is 25.1 Å². The van der Waals surface area contributed by atoms with Crippen LogP contribution in [0.15, 0.2) is 59.5 Å². The van der Waals surface area contributed by atoms with Crippen molar-refractivity contribution < 1.29 is 17.9 Å². The van der Waals surface area contributed by atoms with E-state index in [2.05, 4.69) is 4.72 Å². The number of benzene rings is 3. The first-order valence-electron chi connectivity index (χ1n) is 6.86. The number of nitrogens with one attached hydrogen (secondary N) is 1. The van der Waals surface area contributed by atoms with Crippen LogP contribution in [0.3, 0.4) is 0 Å². The van der Waals surface area contributed by atoms with Crippen molar-refractivity contribution in [1.29, 1.82) is 0 Å². The lowest BCUT2D eigenvalue weighted by molar-refractivity contribution is -0.265. The Bertz CT molecular complexity index is 1000. The average Bonchev–Trinajstić information content (AvgIpc) is 2.50. The van der Waals surface area contributed by atoms with Gasteiger partial charge in [0.25, 0.3) is 10.0 Å². The SMILES string of the molecule is Cc1cc(F)ccc1S(=O)(=O)Nc1ccc([O-])c2ccccc12. The second-order valence-corrected chi connectivity index (χ2v) is 6.82. The molecule has 0 unspecified atom stereocenters. The van der Waals surface area contributed by atoms with E-state index < -0.39 is 15.8 Å². The van der Waals surface area contributed by atoms with Gasteiger partial charge < -0.3 is 5.11 Å². The fraction of sp³-hybridized carbons (Fsp3) is 0.0588. The Morgan fingerprint density at radius 3 is 2.39 bits per heavy atom. The van der Waals surface area contributed by atoms with Gasteiger partial charge in [-0.1, -0.05) is 30.3 Å². The lowest BCUT2D eigenvalue weighted by Crippen LogP contribution is -2.14. The fourth-order valence-electron chi connectivity index (χ4n) is 2.47. The summed E-state index contributed by atoms with van der Waals surface area (Å²) >= 11 is 0. The molecule has 0 aliphatic carbocycles. The molecule has 0 aromatic heterocycles. The lowest BCUT2D eigenvalue weighted by Gasteiger charge is -2.16. The molecule has 0 amide bonds. The van der Waals surface area contributed by atoms with Crippen LogP contribution in [0.5, 0.6) is 5.75 Å². The summed E-state index contributed by atoms with van der Waals surface area (Å²) in [5.74, 6) is -0.677. The maximum absolute atomic E-state index is 13.2. The molecule has 0 atom stereocenters. The smallest absolute Gasteiger partial charge is 0.262 e. The van der Waals surface area contributed by atoms with Gasteiger partial charge >= 0.3 is 0 Å². The molecular weight excluding hydrogens is 317 g/mol. The van der Waals surface area contributed by atoms with Crippen molar-refractivity contribution >= 4 is 26.5 Å². The molecule has 0 heterocycles. The van der Waals surface area contributed by atoms with Gasteiger partial charge in [0, 0.05) is 5.39 Å². The van der Waals surface area contributed by atoms with Crippen LogP contribution in [0.25, 0.3) is 10.8 Å². The van der Waals surface area contributed by atoms with E-state index in [0.29, 0.717) is 22.0 Å². The first kappa shape index (κ1) is 15.3. The van der Waals surface area contributed by atoms with E-state index in [1.54, 1.807) is 24.3 Å². The van der Waals surface area contributed by atoms with Crippen molar-refractivity contribution in [2.24, 2.45) is 0 Å². The molecule has 3 aromatic rings. The summed E-state index contributed by atoms with van der Waals surface area (Å²) in [6, 6.07) is 13.0. The van der Waals surface area contributed by atoms with Crippen LogP contribution in [-0.4, -0.2) is 8.42 Å². The minimum atomic E-state index is -3.88. The fourth-order valence-corrected chi connectivity index (χ4v) is 3.78. The zero-order chi connectivity index (χ0) is 16.6. The number of hydrogen-bond donors (Lipinski definition) is 1. The topological polar surface area (TPSA) is 69.2 Å². The number of hydrogen-bond acceptors (Lipinski definition) is 3. The highest BCUT2D eigenvalue weighted by molar-refractivity contribution is 7.92. The Balaban J connectivity index is 2.10. The molecule has 23 heavy (non-hydrogen) atoms. The standard InChI is InChI=1S/C17H14FNO3S/c1-11-10-12(18)6-9-17(11)23(21,22)19-15-7-8-16(20)14-5-3-2-4-13(14)15/h2-10,19-20H,1H3/p-1. The summed E-state index contributed by atoms with van der Waals surface area (Å²) in [4.78, 5) is -0.00539. The molecular formula is C17H13FNO3S-. The summed E-state index contributed by atoms with van der Waals surface area (Å²) < 4.78 is 40.7. The monoisotopic (exact) mass is 330 g/mol. The number of anilines is 1. The minimum Gasteiger partial charge on any atom is -0.872 e. The van der Waals surface area contributed by atoms with Crippen LogP contribution < -0.4 is 9.83 Å².